The van der Waals surface area contributed by atoms with E-state index in [0.717, 1.165) is 10.0 Å². The van der Waals surface area contributed by atoms with Crippen LogP contribution in [0.2, 0.25) is 0 Å². The smallest absolute Gasteiger partial charge is 0.0992 e. The average molecular weight is 226 g/mol. The summed E-state index contributed by atoms with van der Waals surface area (Å²) >= 11 is 3.32. The number of nitrogens with zero attached hydrogens (tertiary/aromatic N) is 1. The zero-order valence-corrected chi connectivity index (χ0v) is 8.26. The second-order valence-corrected chi connectivity index (χ2v) is 3.31. The van der Waals surface area contributed by atoms with Gasteiger partial charge in [0.25, 0.3) is 0 Å². The molecule has 1 aromatic carbocycles. The van der Waals surface area contributed by atoms with Crippen molar-refractivity contribution in [2.45, 2.75) is 6.61 Å². The van der Waals surface area contributed by atoms with Crippen LogP contribution in [0.3, 0.4) is 0 Å². The number of methoxy groups -OCH3 is 1. The highest BCUT2D eigenvalue weighted by Crippen LogP contribution is 2.15. The molecule has 0 saturated heterocycles. The van der Waals surface area contributed by atoms with Crippen LogP contribution in [0, 0.1) is 11.3 Å². The first-order valence-electron chi connectivity index (χ1n) is 3.45. The lowest BCUT2D eigenvalue weighted by molar-refractivity contribution is 0.185. The molecule has 0 aromatic heterocycles. The maximum absolute atomic E-state index is 8.64. The third-order valence-corrected chi connectivity index (χ3v) is 1.86. The van der Waals surface area contributed by atoms with E-state index in [1.807, 2.05) is 12.1 Å². The lowest BCUT2D eigenvalue weighted by atomic mass is 10.1. The molecule has 0 atom stereocenters. The third-order valence-electron chi connectivity index (χ3n) is 1.40. The molecular weight excluding hydrogens is 218 g/mol. The number of rotatable bonds is 2. The zero-order valence-electron chi connectivity index (χ0n) is 6.67. The van der Waals surface area contributed by atoms with Gasteiger partial charge in [-0.2, -0.15) is 5.26 Å². The van der Waals surface area contributed by atoms with Gasteiger partial charge < -0.3 is 4.74 Å². The van der Waals surface area contributed by atoms with Crippen molar-refractivity contribution in [3.63, 3.8) is 0 Å². The summed E-state index contributed by atoms with van der Waals surface area (Å²) < 4.78 is 5.86. The molecule has 0 N–H and O–H groups in total. The van der Waals surface area contributed by atoms with Gasteiger partial charge >= 0.3 is 0 Å². The van der Waals surface area contributed by atoms with Gasteiger partial charge in [-0.1, -0.05) is 15.9 Å². The Hall–Kier alpha value is -0.850. The minimum atomic E-state index is 0.536. The van der Waals surface area contributed by atoms with Crippen molar-refractivity contribution in [3.05, 3.63) is 33.8 Å². The summed E-state index contributed by atoms with van der Waals surface area (Å²) in [6, 6.07) is 7.61. The van der Waals surface area contributed by atoms with E-state index in [9.17, 15) is 0 Å². The minimum Gasteiger partial charge on any atom is -0.380 e. The molecule has 1 aromatic rings. The fourth-order valence-electron chi connectivity index (χ4n) is 0.965. The van der Waals surface area contributed by atoms with E-state index in [-0.39, 0.29) is 0 Å². The molecule has 3 heteroatoms. The fraction of sp³-hybridized carbons (Fsp3) is 0.222. The summed E-state index contributed by atoms with van der Waals surface area (Å²) in [5.74, 6) is 0. The molecule has 0 aliphatic carbocycles. The number of halogens is 1. The molecule has 0 unspecified atom stereocenters. The molecule has 1 rings (SSSR count). The Balaban J connectivity index is 3.00. The van der Waals surface area contributed by atoms with Crippen LogP contribution in [0.4, 0.5) is 0 Å². The lowest BCUT2D eigenvalue weighted by Crippen LogP contribution is -1.88. The summed E-state index contributed by atoms with van der Waals surface area (Å²) in [5.41, 5.74) is 1.65. The minimum absolute atomic E-state index is 0.536. The number of benzene rings is 1. The molecule has 0 radical (unpaired) electrons. The van der Waals surface area contributed by atoms with E-state index in [0.29, 0.717) is 12.2 Å². The van der Waals surface area contributed by atoms with Gasteiger partial charge in [-0.05, 0) is 23.8 Å². The number of ether oxygens (including phenoxy) is 1. The van der Waals surface area contributed by atoms with Gasteiger partial charge in [0.15, 0.2) is 0 Å². The first-order valence-corrected chi connectivity index (χ1v) is 4.24. The van der Waals surface area contributed by atoms with Gasteiger partial charge in [0.2, 0.25) is 0 Å². The van der Waals surface area contributed by atoms with Gasteiger partial charge in [0.1, 0.15) is 0 Å². The van der Waals surface area contributed by atoms with Crippen molar-refractivity contribution in [2.24, 2.45) is 0 Å². The summed E-state index contributed by atoms with van der Waals surface area (Å²) in [7, 11) is 1.63. The maximum atomic E-state index is 8.64. The maximum Gasteiger partial charge on any atom is 0.0992 e. The number of hydrogen-bond acceptors (Lipinski definition) is 2. The third kappa shape index (κ3) is 2.33. The highest BCUT2D eigenvalue weighted by molar-refractivity contribution is 9.10. The molecule has 0 heterocycles. The van der Waals surface area contributed by atoms with Crippen molar-refractivity contribution in [1.82, 2.24) is 0 Å². The molecule has 0 spiro atoms. The molecule has 0 aliphatic heterocycles. The largest absolute Gasteiger partial charge is 0.380 e. The van der Waals surface area contributed by atoms with E-state index in [1.165, 1.54) is 0 Å². The summed E-state index contributed by atoms with van der Waals surface area (Å²) in [4.78, 5) is 0. The Bertz CT molecular complexity index is 317. The van der Waals surface area contributed by atoms with Crippen LogP contribution >= 0.6 is 15.9 Å². The molecule has 0 fully saturated rings. The Kier molecular flexibility index (Phi) is 3.27. The molecule has 12 heavy (non-hydrogen) atoms. The predicted molar refractivity (Wildman–Crippen MR) is 49.6 cm³/mol. The molecule has 62 valence electrons. The second-order valence-electron chi connectivity index (χ2n) is 2.39. The van der Waals surface area contributed by atoms with Gasteiger partial charge in [0, 0.05) is 11.6 Å². The highest BCUT2D eigenvalue weighted by atomic mass is 79.9. The number of nitriles is 1. The van der Waals surface area contributed by atoms with E-state index >= 15 is 0 Å². The van der Waals surface area contributed by atoms with Crippen molar-refractivity contribution in [1.29, 1.82) is 5.26 Å². The quantitative estimate of drug-likeness (QED) is 0.775. The summed E-state index contributed by atoms with van der Waals surface area (Å²) in [5, 5.41) is 8.64. The Labute approximate surface area is 79.9 Å². The summed E-state index contributed by atoms with van der Waals surface area (Å²) in [6.45, 7) is 0.536. The fourth-order valence-corrected chi connectivity index (χ4v) is 1.51. The van der Waals surface area contributed by atoms with E-state index in [4.69, 9.17) is 10.00 Å². The Morgan fingerprint density at radius 1 is 1.50 bits per heavy atom. The van der Waals surface area contributed by atoms with Crippen LogP contribution in [0.15, 0.2) is 22.7 Å². The van der Waals surface area contributed by atoms with E-state index < -0.39 is 0 Å². The van der Waals surface area contributed by atoms with Crippen molar-refractivity contribution < 1.29 is 4.74 Å². The van der Waals surface area contributed by atoms with Crippen molar-refractivity contribution in [2.75, 3.05) is 7.11 Å². The standard InChI is InChI=1S/C9H8BrNO/c1-12-6-8-2-7(5-11)3-9(10)4-8/h2-4H,6H2,1H3. The molecule has 0 saturated carbocycles. The average Bonchev–Trinajstić information content (AvgIpc) is 2.04. The van der Waals surface area contributed by atoms with Gasteiger partial charge in [0.05, 0.1) is 18.2 Å². The first kappa shape index (κ1) is 9.24. The normalized spacial score (nSPS) is 9.42. The van der Waals surface area contributed by atoms with E-state index in [1.54, 1.807) is 13.2 Å². The zero-order chi connectivity index (χ0) is 8.97. The van der Waals surface area contributed by atoms with Crippen LogP contribution in [0.25, 0.3) is 0 Å². The summed E-state index contributed by atoms with van der Waals surface area (Å²) in [6.07, 6.45) is 0. The van der Waals surface area contributed by atoms with Gasteiger partial charge in [-0.25, -0.2) is 0 Å². The van der Waals surface area contributed by atoms with Gasteiger partial charge in [-0.15, -0.1) is 0 Å². The van der Waals surface area contributed by atoms with Crippen LogP contribution in [0.1, 0.15) is 11.1 Å². The van der Waals surface area contributed by atoms with E-state index in [2.05, 4.69) is 22.0 Å². The molecule has 2 nitrogen and oxygen atoms in total. The Morgan fingerprint density at radius 2 is 2.25 bits per heavy atom. The lowest BCUT2D eigenvalue weighted by Gasteiger charge is -2.00. The molecule has 0 bridgehead atoms. The highest BCUT2D eigenvalue weighted by Gasteiger charge is 1.97. The Morgan fingerprint density at radius 3 is 2.83 bits per heavy atom. The van der Waals surface area contributed by atoms with Crippen molar-refractivity contribution >= 4 is 15.9 Å². The van der Waals surface area contributed by atoms with Gasteiger partial charge in [-0.3, -0.25) is 0 Å². The molecule has 0 amide bonds. The predicted octanol–water partition coefficient (Wildman–Crippen LogP) is 2.47. The topological polar surface area (TPSA) is 33.0 Å². The molecular formula is C9H8BrNO. The van der Waals surface area contributed by atoms with Crippen LogP contribution in [-0.2, 0) is 11.3 Å². The monoisotopic (exact) mass is 225 g/mol. The number of hydrogen-bond donors (Lipinski definition) is 0. The van der Waals surface area contributed by atoms with Crippen LogP contribution < -0.4 is 0 Å². The van der Waals surface area contributed by atoms with Crippen LogP contribution in [0.5, 0.6) is 0 Å². The molecule has 0 aliphatic rings. The van der Waals surface area contributed by atoms with Crippen LogP contribution in [-0.4, -0.2) is 7.11 Å². The SMILES string of the molecule is COCc1cc(Br)cc(C#N)c1. The van der Waals surface area contributed by atoms with Crippen molar-refractivity contribution in [3.8, 4) is 6.07 Å². The second kappa shape index (κ2) is 4.24. The first-order chi connectivity index (χ1) is 5.76.